The highest BCUT2D eigenvalue weighted by Crippen LogP contribution is 2.30. The Balaban J connectivity index is 2.06. The molecule has 1 aromatic carbocycles. The Morgan fingerprint density at radius 3 is 2.80 bits per heavy atom. The molecule has 1 heterocycles. The Hall–Kier alpha value is -0.730. The first-order valence-electron chi connectivity index (χ1n) is 5.44. The maximum atomic E-state index is 9.78. The third-order valence-electron chi connectivity index (χ3n) is 3.04. The minimum atomic E-state index is 0.262. The number of hydrogen-bond donors (Lipinski definition) is 2. The Bertz CT molecular complexity index is 334. The molecule has 0 unspecified atom stereocenters. The zero-order valence-corrected chi connectivity index (χ0v) is 9.43. The molecule has 82 valence electrons. The van der Waals surface area contributed by atoms with E-state index in [1.54, 1.807) is 6.07 Å². The van der Waals surface area contributed by atoms with Gasteiger partial charge in [0.1, 0.15) is 5.75 Å². The number of phenolic OH excluding ortho intramolecular Hbond substituents is 1. The predicted octanol–water partition coefficient (Wildman–Crippen LogP) is 2.59. The van der Waals surface area contributed by atoms with E-state index in [-0.39, 0.29) is 5.75 Å². The van der Waals surface area contributed by atoms with E-state index in [1.807, 2.05) is 12.1 Å². The van der Waals surface area contributed by atoms with Gasteiger partial charge in [0.2, 0.25) is 0 Å². The summed E-state index contributed by atoms with van der Waals surface area (Å²) in [5, 5.41) is 13.6. The van der Waals surface area contributed by atoms with E-state index in [2.05, 4.69) is 5.32 Å². The van der Waals surface area contributed by atoms with Crippen LogP contribution in [0.25, 0.3) is 0 Å². The van der Waals surface area contributed by atoms with Crippen molar-refractivity contribution in [2.24, 2.45) is 5.92 Å². The smallest absolute Gasteiger partial charge is 0.137 e. The van der Waals surface area contributed by atoms with Crippen molar-refractivity contribution in [1.29, 1.82) is 0 Å². The fourth-order valence-corrected chi connectivity index (χ4v) is 2.32. The van der Waals surface area contributed by atoms with Gasteiger partial charge < -0.3 is 10.4 Å². The first-order valence-corrected chi connectivity index (χ1v) is 5.82. The van der Waals surface area contributed by atoms with E-state index in [9.17, 15) is 5.11 Å². The predicted molar refractivity (Wildman–Crippen MR) is 62.4 cm³/mol. The molecule has 0 amide bonds. The monoisotopic (exact) mass is 225 g/mol. The van der Waals surface area contributed by atoms with E-state index in [0.29, 0.717) is 10.9 Å². The highest BCUT2D eigenvalue weighted by Gasteiger charge is 2.15. The van der Waals surface area contributed by atoms with Gasteiger partial charge in [0, 0.05) is 0 Å². The minimum absolute atomic E-state index is 0.262. The molecule has 1 saturated heterocycles. The van der Waals surface area contributed by atoms with Crippen molar-refractivity contribution in [3.05, 3.63) is 28.8 Å². The summed E-state index contributed by atoms with van der Waals surface area (Å²) >= 11 is 5.87. The molecular weight excluding hydrogens is 210 g/mol. The molecule has 15 heavy (non-hydrogen) atoms. The van der Waals surface area contributed by atoms with Gasteiger partial charge in [0.05, 0.1) is 5.02 Å². The number of nitrogens with one attached hydrogen (secondary N) is 1. The Morgan fingerprint density at radius 1 is 1.33 bits per heavy atom. The van der Waals surface area contributed by atoms with Gasteiger partial charge in [0.25, 0.3) is 0 Å². The number of halogens is 1. The molecular formula is C12H16ClNO. The van der Waals surface area contributed by atoms with Gasteiger partial charge in [-0.1, -0.05) is 23.7 Å². The molecule has 3 heteroatoms. The van der Waals surface area contributed by atoms with Crippen molar-refractivity contribution in [2.45, 2.75) is 19.3 Å². The molecule has 0 atom stereocenters. The lowest BCUT2D eigenvalue weighted by Gasteiger charge is -2.22. The fourth-order valence-electron chi connectivity index (χ4n) is 2.12. The summed E-state index contributed by atoms with van der Waals surface area (Å²) in [7, 11) is 0. The van der Waals surface area contributed by atoms with Crippen LogP contribution >= 0.6 is 11.6 Å². The molecule has 0 bridgehead atoms. The van der Waals surface area contributed by atoms with Crippen molar-refractivity contribution >= 4 is 11.6 Å². The van der Waals surface area contributed by atoms with Crippen LogP contribution in [0.15, 0.2) is 18.2 Å². The quantitative estimate of drug-likeness (QED) is 0.811. The lowest BCUT2D eigenvalue weighted by Crippen LogP contribution is -2.28. The average Bonchev–Trinajstić information content (AvgIpc) is 2.26. The van der Waals surface area contributed by atoms with Gasteiger partial charge in [-0.05, 0) is 49.9 Å². The first-order chi connectivity index (χ1) is 7.27. The maximum absolute atomic E-state index is 9.78. The van der Waals surface area contributed by atoms with E-state index in [0.717, 1.165) is 25.1 Å². The van der Waals surface area contributed by atoms with Crippen molar-refractivity contribution in [1.82, 2.24) is 5.32 Å². The van der Waals surface area contributed by atoms with Gasteiger partial charge in [-0.15, -0.1) is 0 Å². The van der Waals surface area contributed by atoms with E-state index in [4.69, 9.17) is 11.6 Å². The summed E-state index contributed by atoms with van der Waals surface area (Å²) in [4.78, 5) is 0. The van der Waals surface area contributed by atoms with Crippen LogP contribution in [0, 0.1) is 5.92 Å². The number of piperidine rings is 1. The third-order valence-corrected chi connectivity index (χ3v) is 3.34. The van der Waals surface area contributed by atoms with Crippen LogP contribution in [0.3, 0.4) is 0 Å². The molecule has 0 radical (unpaired) electrons. The van der Waals surface area contributed by atoms with Gasteiger partial charge in [-0.3, -0.25) is 0 Å². The largest absolute Gasteiger partial charge is 0.506 e. The molecule has 2 N–H and O–H groups in total. The molecule has 0 aromatic heterocycles. The lowest BCUT2D eigenvalue weighted by molar-refractivity contribution is 0.366. The highest BCUT2D eigenvalue weighted by atomic mass is 35.5. The minimum Gasteiger partial charge on any atom is -0.506 e. The molecule has 2 rings (SSSR count). The molecule has 0 aliphatic carbocycles. The van der Waals surface area contributed by atoms with Crippen molar-refractivity contribution in [3.63, 3.8) is 0 Å². The summed E-state index contributed by atoms with van der Waals surface area (Å²) in [5.74, 6) is 0.938. The second-order valence-corrected chi connectivity index (χ2v) is 4.55. The molecule has 1 aliphatic heterocycles. The van der Waals surface area contributed by atoms with Gasteiger partial charge >= 0.3 is 0 Å². The molecule has 0 saturated carbocycles. The van der Waals surface area contributed by atoms with E-state index >= 15 is 0 Å². The highest BCUT2D eigenvalue weighted by molar-refractivity contribution is 6.32. The zero-order chi connectivity index (χ0) is 10.7. The van der Waals surface area contributed by atoms with Crippen LogP contribution in [-0.4, -0.2) is 18.2 Å². The summed E-state index contributed by atoms with van der Waals surface area (Å²) in [5.41, 5.74) is 0.981. The number of benzene rings is 1. The van der Waals surface area contributed by atoms with Crippen molar-refractivity contribution in [3.8, 4) is 5.75 Å². The van der Waals surface area contributed by atoms with Crippen LogP contribution in [0.5, 0.6) is 5.75 Å². The number of rotatable bonds is 2. The van der Waals surface area contributed by atoms with Gasteiger partial charge in [-0.25, -0.2) is 0 Å². The molecule has 1 aromatic rings. The van der Waals surface area contributed by atoms with Crippen LogP contribution in [0.4, 0.5) is 0 Å². The molecule has 2 nitrogen and oxygen atoms in total. The molecule has 1 fully saturated rings. The number of phenols is 1. The Morgan fingerprint density at radius 2 is 2.07 bits per heavy atom. The van der Waals surface area contributed by atoms with Crippen LogP contribution < -0.4 is 5.32 Å². The standard InChI is InChI=1S/C12H16ClNO/c13-11-3-1-2-10(12(11)15)8-9-4-6-14-7-5-9/h1-3,9,14-15H,4-8H2. The molecule has 0 spiro atoms. The SMILES string of the molecule is Oc1c(Cl)cccc1CC1CCNCC1. The fraction of sp³-hybridized carbons (Fsp3) is 0.500. The number of hydrogen-bond acceptors (Lipinski definition) is 2. The lowest BCUT2D eigenvalue weighted by atomic mass is 9.91. The topological polar surface area (TPSA) is 32.3 Å². The van der Waals surface area contributed by atoms with Crippen LogP contribution in [-0.2, 0) is 6.42 Å². The van der Waals surface area contributed by atoms with Crippen molar-refractivity contribution < 1.29 is 5.11 Å². The summed E-state index contributed by atoms with van der Waals surface area (Å²) in [6, 6.07) is 5.59. The summed E-state index contributed by atoms with van der Waals surface area (Å²) < 4.78 is 0. The third kappa shape index (κ3) is 2.64. The van der Waals surface area contributed by atoms with Gasteiger partial charge in [0.15, 0.2) is 0 Å². The first kappa shape index (κ1) is 10.8. The summed E-state index contributed by atoms with van der Waals surface area (Å²) in [6.45, 7) is 2.18. The Labute approximate surface area is 95.3 Å². The van der Waals surface area contributed by atoms with E-state index < -0.39 is 0 Å². The Kier molecular flexibility index (Phi) is 3.49. The van der Waals surface area contributed by atoms with Crippen molar-refractivity contribution in [2.75, 3.05) is 13.1 Å². The normalized spacial score (nSPS) is 17.9. The maximum Gasteiger partial charge on any atom is 0.137 e. The second-order valence-electron chi connectivity index (χ2n) is 4.15. The van der Waals surface area contributed by atoms with Crippen LogP contribution in [0.1, 0.15) is 18.4 Å². The zero-order valence-electron chi connectivity index (χ0n) is 8.67. The second kappa shape index (κ2) is 4.86. The molecule has 1 aliphatic rings. The van der Waals surface area contributed by atoms with Crippen LogP contribution in [0.2, 0.25) is 5.02 Å². The average molecular weight is 226 g/mol. The number of aromatic hydroxyl groups is 1. The summed E-state index contributed by atoms with van der Waals surface area (Å²) in [6.07, 6.45) is 3.31. The van der Waals surface area contributed by atoms with E-state index in [1.165, 1.54) is 12.8 Å². The number of para-hydroxylation sites is 1. The van der Waals surface area contributed by atoms with Gasteiger partial charge in [-0.2, -0.15) is 0 Å².